The lowest BCUT2D eigenvalue weighted by atomic mass is 10.2. The maximum atomic E-state index is 11.6. The van der Waals surface area contributed by atoms with Gasteiger partial charge in [-0.15, -0.1) is 0 Å². The van der Waals surface area contributed by atoms with E-state index in [0.29, 0.717) is 12.6 Å². The average Bonchev–Trinajstić information content (AvgIpc) is 2.82. The van der Waals surface area contributed by atoms with Crippen molar-refractivity contribution < 1.29 is 9.53 Å². The summed E-state index contributed by atoms with van der Waals surface area (Å²) in [5, 5.41) is 6.15. The molecule has 0 aliphatic carbocycles. The molecule has 1 atom stereocenters. The minimum absolute atomic E-state index is 0.0985. The standard InChI is InChI=1S/C14H20N2O2/c1-11-4-2-5-12(8-11)16-14(17)10-18-9-13-6-3-7-15-13/h2,4-5,8,13,15H,3,6-7,9-10H2,1H3,(H,16,17). The highest BCUT2D eigenvalue weighted by Gasteiger charge is 2.14. The maximum Gasteiger partial charge on any atom is 0.250 e. The monoisotopic (exact) mass is 248 g/mol. The summed E-state index contributed by atoms with van der Waals surface area (Å²) in [6.07, 6.45) is 2.34. The first-order valence-electron chi connectivity index (χ1n) is 6.42. The van der Waals surface area contributed by atoms with Crippen LogP contribution in [0.4, 0.5) is 5.69 Å². The Bertz CT molecular complexity index is 401. The van der Waals surface area contributed by atoms with Crippen molar-refractivity contribution in [2.45, 2.75) is 25.8 Å². The third-order valence-electron chi connectivity index (χ3n) is 3.02. The van der Waals surface area contributed by atoms with E-state index >= 15 is 0 Å². The molecule has 1 aromatic rings. The van der Waals surface area contributed by atoms with Crippen LogP contribution in [0.5, 0.6) is 0 Å². The summed E-state index contributed by atoms with van der Waals surface area (Å²) in [5.74, 6) is -0.0985. The van der Waals surface area contributed by atoms with Crippen molar-refractivity contribution >= 4 is 11.6 Å². The predicted molar refractivity (Wildman–Crippen MR) is 71.7 cm³/mol. The molecule has 1 fully saturated rings. The second kappa shape index (κ2) is 6.52. The smallest absolute Gasteiger partial charge is 0.250 e. The molecule has 4 heteroatoms. The van der Waals surface area contributed by atoms with Crippen molar-refractivity contribution in [3.8, 4) is 0 Å². The molecule has 2 rings (SSSR count). The minimum Gasteiger partial charge on any atom is -0.370 e. The molecule has 4 nitrogen and oxygen atoms in total. The second-order valence-corrected chi connectivity index (χ2v) is 4.73. The van der Waals surface area contributed by atoms with Crippen LogP contribution in [0, 0.1) is 6.92 Å². The number of carbonyl (C=O) groups is 1. The summed E-state index contributed by atoms with van der Waals surface area (Å²) >= 11 is 0. The number of hydrogen-bond donors (Lipinski definition) is 2. The van der Waals surface area contributed by atoms with Gasteiger partial charge < -0.3 is 15.4 Å². The van der Waals surface area contributed by atoms with Gasteiger partial charge in [0.2, 0.25) is 5.91 Å². The number of aryl methyl sites for hydroxylation is 1. The highest BCUT2D eigenvalue weighted by Crippen LogP contribution is 2.09. The van der Waals surface area contributed by atoms with E-state index < -0.39 is 0 Å². The first-order chi connectivity index (χ1) is 8.74. The molecule has 98 valence electrons. The molecule has 1 heterocycles. The van der Waals surface area contributed by atoms with E-state index in [2.05, 4.69) is 10.6 Å². The van der Waals surface area contributed by atoms with E-state index in [9.17, 15) is 4.79 Å². The zero-order valence-electron chi connectivity index (χ0n) is 10.7. The zero-order valence-corrected chi connectivity index (χ0v) is 10.7. The molecule has 1 aliphatic rings. The van der Waals surface area contributed by atoms with Crippen LogP contribution >= 0.6 is 0 Å². The van der Waals surface area contributed by atoms with Gasteiger partial charge in [0.15, 0.2) is 0 Å². The normalized spacial score (nSPS) is 18.8. The van der Waals surface area contributed by atoms with Crippen molar-refractivity contribution in [3.63, 3.8) is 0 Å². The lowest BCUT2D eigenvalue weighted by molar-refractivity contribution is -0.120. The number of ether oxygens (including phenoxy) is 1. The SMILES string of the molecule is Cc1cccc(NC(=O)COCC2CCCN2)c1. The molecule has 0 saturated carbocycles. The number of amides is 1. The van der Waals surface area contributed by atoms with E-state index in [1.807, 2.05) is 31.2 Å². The third-order valence-corrected chi connectivity index (χ3v) is 3.02. The summed E-state index contributed by atoms with van der Waals surface area (Å²) in [4.78, 5) is 11.6. The fourth-order valence-electron chi connectivity index (χ4n) is 2.11. The summed E-state index contributed by atoms with van der Waals surface area (Å²) in [7, 11) is 0. The van der Waals surface area contributed by atoms with Crippen LogP contribution in [0.1, 0.15) is 18.4 Å². The average molecular weight is 248 g/mol. The Morgan fingerprint density at radius 3 is 3.17 bits per heavy atom. The summed E-state index contributed by atoms with van der Waals surface area (Å²) in [5.41, 5.74) is 1.95. The topological polar surface area (TPSA) is 50.4 Å². The molecule has 18 heavy (non-hydrogen) atoms. The van der Waals surface area contributed by atoms with Gasteiger partial charge in [0.1, 0.15) is 6.61 Å². The van der Waals surface area contributed by atoms with Gasteiger partial charge in [0, 0.05) is 11.7 Å². The zero-order chi connectivity index (χ0) is 12.8. The van der Waals surface area contributed by atoms with Gasteiger partial charge in [-0.1, -0.05) is 12.1 Å². The van der Waals surface area contributed by atoms with E-state index in [-0.39, 0.29) is 12.5 Å². The molecule has 1 aromatic carbocycles. The Morgan fingerprint density at radius 1 is 1.56 bits per heavy atom. The fraction of sp³-hybridized carbons (Fsp3) is 0.500. The summed E-state index contributed by atoms with van der Waals surface area (Å²) in [6, 6.07) is 8.16. The highest BCUT2D eigenvalue weighted by molar-refractivity contribution is 5.91. The lowest BCUT2D eigenvalue weighted by Crippen LogP contribution is -2.29. The summed E-state index contributed by atoms with van der Waals surface area (Å²) in [6.45, 7) is 3.79. The van der Waals surface area contributed by atoms with Crippen molar-refractivity contribution in [2.24, 2.45) is 0 Å². The molecule has 0 radical (unpaired) electrons. The molecule has 1 unspecified atom stereocenters. The maximum absolute atomic E-state index is 11.6. The number of rotatable bonds is 5. The molecule has 1 aliphatic heterocycles. The Balaban J connectivity index is 1.68. The molecular weight excluding hydrogens is 228 g/mol. The molecule has 2 N–H and O–H groups in total. The van der Waals surface area contributed by atoms with Gasteiger partial charge in [0.05, 0.1) is 6.61 Å². The van der Waals surface area contributed by atoms with E-state index in [1.54, 1.807) is 0 Å². The fourth-order valence-corrected chi connectivity index (χ4v) is 2.11. The van der Waals surface area contributed by atoms with Crippen LogP contribution in [0.15, 0.2) is 24.3 Å². The van der Waals surface area contributed by atoms with Crippen molar-refractivity contribution in [3.05, 3.63) is 29.8 Å². The molecule has 0 spiro atoms. The largest absolute Gasteiger partial charge is 0.370 e. The number of hydrogen-bond acceptors (Lipinski definition) is 3. The number of benzene rings is 1. The molecule has 0 aromatic heterocycles. The van der Waals surface area contributed by atoms with Crippen molar-refractivity contribution in [1.82, 2.24) is 5.32 Å². The van der Waals surface area contributed by atoms with Crippen LogP contribution < -0.4 is 10.6 Å². The van der Waals surface area contributed by atoms with Gasteiger partial charge in [-0.2, -0.15) is 0 Å². The van der Waals surface area contributed by atoms with Crippen LogP contribution in [-0.4, -0.2) is 31.7 Å². The van der Waals surface area contributed by atoms with E-state index in [4.69, 9.17) is 4.74 Å². The Hall–Kier alpha value is -1.39. The Kier molecular flexibility index (Phi) is 4.73. The van der Waals surface area contributed by atoms with Crippen molar-refractivity contribution in [1.29, 1.82) is 0 Å². The van der Waals surface area contributed by atoms with E-state index in [1.165, 1.54) is 6.42 Å². The minimum atomic E-state index is -0.0985. The van der Waals surface area contributed by atoms with Crippen LogP contribution in [0.25, 0.3) is 0 Å². The quantitative estimate of drug-likeness (QED) is 0.834. The van der Waals surface area contributed by atoms with Crippen LogP contribution in [0.3, 0.4) is 0 Å². The Labute approximate surface area is 108 Å². The summed E-state index contributed by atoms with van der Waals surface area (Å²) < 4.78 is 5.41. The van der Waals surface area contributed by atoms with Crippen molar-refractivity contribution in [2.75, 3.05) is 25.1 Å². The second-order valence-electron chi connectivity index (χ2n) is 4.73. The molecule has 1 saturated heterocycles. The van der Waals surface area contributed by atoms with Gasteiger partial charge in [0.25, 0.3) is 0 Å². The lowest BCUT2D eigenvalue weighted by Gasteiger charge is -2.11. The van der Waals surface area contributed by atoms with Gasteiger partial charge in [-0.3, -0.25) is 4.79 Å². The first kappa shape index (κ1) is 13.1. The third kappa shape index (κ3) is 4.13. The first-order valence-corrected chi connectivity index (χ1v) is 6.42. The Morgan fingerprint density at radius 2 is 2.44 bits per heavy atom. The molecule has 0 bridgehead atoms. The number of nitrogens with one attached hydrogen (secondary N) is 2. The molecule has 1 amide bonds. The van der Waals surface area contributed by atoms with Crippen LogP contribution in [-0.2, 0) is 9.53 Å². The number of anilines is 1. The molecular formula is C14H20N2O2. The highest BCUT2D eigenvalue weighted by atomic mass is 16.5. The van der Waals surface area contributed by atoms with Gasteiger partial charge in [-0.25, -0.2) is 0 Å². The van der Waals surface area contributed by atoms with E-state index in [0.717, 1.165) is 24.2 Å². The van der Waals surface area contributed by atoms with Gasteiger partial charge >= 0.3 is 0 Å². The number of carbonyl (C=O) groups excluding carboxylic acids is 1. The predicted octanol–water partition coefficient (Wildman–Crippen LogP) is 1.70. The van der Waals surface area contributed by atoms with Crippen LogP contribution in [0.2, 0.25) is 0 Å². The van der Waals surface area contributed by atoms with Gasteiger partial charge in [-0.05, 0) is 44.0 Å².